The fourth-order valence-corrected chi connectivity index (χ4v) is 2.78. The molecule has 0 radical (unpaired) electrons. The normalized spacial score (nSPS) is 16.5. The van der Waals surface area contributed by atoms with Gasteiger partial charge in [0.15, 0.2) is 0 Å². The maximum absolute atomic E-state index is 5.86. The number of benzene rings is 1. The van der Waals surface area contributed by atoms with E-state index in [9.17, 15) is 0 Å². The van der Waals surface area contributed by atoms with E-state index in [2.05, 4.69) is 0 Å². The predicted octanol–water partition coefficient (Wildman–Crippen LogP) is 4.25. The summed E-state index contributed by atoms with van der Waals surface area (Å²) < 4.78 is 0. The van der Waals surface area contributed by atoms with Crippen LogP contribution < -0.4 is 0 Å². The first-order valence-electron chi connectivity index (χ1n) is 3.87. The third kappa shape index (κ3) is 2.32. The molecule has 0 heterocycles. The first-order valence-corrected chi connectivity index (χ1v) is 5.50. The van der Waals surface area contributed by atoms with E-state index < -0.39 is 0 Å². The van der Waals surface area contributed by atoms with Crippen LogP contribution in [-0.2, 0) is 0 Å². The summed E-state index contributed by atoms with van der Waals surface area (Å²) in [6.45, 7) is 0. The minimum atomic E-state index is 0.727. The molecule has 1 saturated carbocycles. The Kier molecular flexibility index (Phi) is 2.54. The van der Waals surface area contributed by atoms with Crippen molar-refractivity contribution in [1.29, 1.82) is 0 Å². The fourth-order valence-electron chi connectivity index (χ4n) is 0.975. The second kappa shape index (κ2) is 3.49. The van der Waals surface area contributed by atoms with Crippen molar-refractivity contribution in [2.75, 3.05) is 0 Å². The van der Waals surface area contributed by atoms with Crippen LogP contribution in [0.5, 0.6) is 0 Å². The molecule has 0 bridgehead atoms. The molecule has 0 amide bonds. The highest BCUT2D eigenvalue weighted by atomic mass is 35.5. The summed E-state index contributed by atoms with van der Waals surface area (Å²) in [5.41, 5.74) is 0. The van der Waals surface area contributed by atoms with Crippen LogP contribution in [0.15, 0.2) is 23.1 Å². The highest BCUT2D eigenvalue weighted by Crippen LogP contribution is 2.40. The van der Waals surface area contributed by atoms with E-state index in [1.54, 1.807) is 6.07 Å². The zero-order valence-electron chi connectivity index (χ0n) is 6.39. The molecule has 2 rings (SSSR count). The van der Waals surface area contributed by atoms with E-state index in [0.717, 1.165) is 15.3 Å². The molecular formula is C9H8Cl2S. The van der Waals surface area contributed by atoms with Crippen molar-refractivity contribution in [3.05, 3.63) is 28.2 Å². The number of thioether (sulfide) groups is 1. The van der Waals surface area contributed by atoms with Crippen LogP contribution in [0.4, 0.5) is 0 Å². The molecule has 0 saturated heterocycles. The molecule has 1 fully saturated rings. The minimum Gasteiger partial charge on any atom is -0.123 e. The van der Waals surface area contributed by atoms with Crippen LogP contribution in [0.3, 0.4) is 0 Å². The van der Waals surface area contributed by atoms with Crippen LogP contribution in [0, 0.1) is 0 Å². The number of rotatable bonds is 2. The van der Waals surface area contributed by atoms with E-state index >= 15 is 0 Å². The maximum Gasteiger partial charge on any atom is 0.0431 e. The SMILES string of the molecule is Clc1cc(Cl)cc(SC2CC2)c1. The van der Waals surface area contributed by atoms with Crippen LogP contribution in [0.25, 0.3) is 0 Å². The molecule has 1 aliphatic carbocycles. The molecule has 0 atom stereocenters. The van der Waals surface area contributed by atoms with E-state index in [-0.39, 0.29) is 0 Å². The van der Waals surface area contributed by atoms with Crippen molar-refractivity contribution in [3.8, 4) is 0 Å². The number of hydrogen-bond acceptors (Lipinski definition) is 1. The first kappa shape index (κ1) is 8.74. The lowest BCUT2D eigenvalue weighted by Gasteiger charge is -2.00. The van der Waals surface area contributed by atoms with Gasteiger partial charge in [-0.25, -0.2) is 0 Å². The molecule has 1 aliphatic rings. The average Bonchev–Trinajstić information content (AvgIpc) is 2.68. The Bertz CT molecular complexity index is 274. The van der Waals surface area contributed by atoms with Crippen molar-refractivity contribution in [2.45, 2.75) is 23.0 Å². The highest BCUT2D eigenvalue weighted by Gasteiger charge is 2.22. The quantitative estimate of drug-likeness (QED) is 0.716. The number of hydrogen-bond donors (Lipinski definition) is 0. The van der Waals surface area contributed by atoms with Gasteiger partial charge in [0.05, 0.1) is 0 Å². The van der Waals surface area contributed by atoms with Gasteiger partial charge < -0.3 is 0 Å². The molecule has 0 N–H and O–H groups in total. The van der Waals surface area contributed by atoms with Crippen molar-refractivity contribution in [1.82, 2.24) is 0 Å². The summed E-state index contributed by atoms with van der Waals surface area (Å²) >= 11 is 13.6. The lowest BCUT2D eigenvalue weighted by Crippen LogP contribution is -1.75. The summed E-state index contributed by atoms with van der Waals surface area (Å²) in [6.07, 6.45) is 2.66. The molecular weight excluding hydrogens is 211 g/mol. The van der Waals surface area contributed by atoms with Gasteiger partial charge in [-0.15, -0.1) is 11.8 Å². The highest BCUT2D eigenvalue weighted by molar-refractivity contribution is 8.00. The third-order valence-electron chi connectivity index (χ3n) is 1.66. The smallest absolute Gasteiger partial charge is 0.0431 e. The Morgan fingerprint density at radius 2 is 1.67 bits per heavy atom. The Labute approximate surface area is 86.3 Å². The summed E-state index contributed by atoms with van der Waals surface area (Å²) in [5, 5.41) is 2.26. The lowest BCUT2D eigenvalue weighted by atomic mass is 10.4. The summed E-state index contributed by atoms with van der Waals surface area (Å²) in [5.74, 6) is 0. The van der Waals surface area contributed by atoms with Gasteiger partial charge in [0.25, 0.3) is 0 Å². The van der Waals surface area contributed by atoms with E-state index in [1.807, 2.05) is 23.9 Å². The van der Waals surface area contributed by atoms with Gasteiger partial charge in [-0.05, 0) is 31.0 Å². The van der Waals surface area contributed by atoms with Crippen LogP contribution in [0.1, 0.15) is 12.8 Å². The van der Waals surface area contributed by atoms with Gasteiger partial charge >= 0.3 is 0 Å². The Morgan fingerprint density at radius 1 is 1.08 bits per heavy atom. The van der Waals surface area contributed by atoms with Gasteiger partial charge in [0.2, 0.25) is 0 Å². The second-order valence-electron chi connectivity index (χ2n) is 2.92. The molecule has 1 aromatic rings. The summed E-state index contributed by atoms with van der Waals surface area (Å²) in [6, 6.07) is 5.70. The zero-order valence-corrected chi connectivity index (χ0v) is 8.72. The van der Waals surface area contributed by atoms with E-state index in [4.69, 9.17) is 23.2 Å². The van der Waals surface area contributed by atoms with Gasteiger partial charge in [-0.1, -0.05) is 23.2 Å². The molecule has 0 aliphatic heterocycles. The predicted molar refractivity (Wildman–Crippen MR) is 55.3 cm³/mol. The first-order chi connectivity index (χ1) is 5.74. The third-order valence-corrected chi connectivity index (χ3v) is 3.41. The molecule has 0 spiro atoms. The maximum atomic E-state index is 5.86. The van der Waals surface area contributed by atoms with Gasteiger partial charge in [0.1, 0.15) is 0 Å². The molecule has 0 aromatic heterocycles. The Hall–Kier alpha value is 0.150. The lowest BCUT2D eigenvalue weighted by molar-refractivity contribution is 1.42. The summed E-state index contributed by atoms with van der Waals surface area (Å²) in [7, 11) is 0. The van der Waals surface area contributed by atoms with Gasteiger partial charge in [-0.2, -0.15) is 0 Å². The Balaban J connectivity index is 2.18. The minimum absolute atomic E-state index is 0.727. The van der Waals surface area contributed by atoms with Crippen LogP contribution in [-0.4, -0.2) is 5.25 Å². The van der Waals surface area contributed by atoms with E-state index in [0.29, 0.717) is 0 Å². The van der Waals surface area contributed by atoms with E-state index in [1.165, 1.54) is 17.7 Å². The zero-order chi connectivity index (χ0) is 8.55. The largest absolute Gasteiger partial charge is 0.123 e. The molecule has 0 unspecified atom stereocenters. The van der Waals surface area contributed by atoms with Gasteiger partial charge in [0, 0.05) is 20.2 Å². The summed E-state index contributed by atoms with van der Waals surface area (Å²) in [4.78, 5) is 1.19. The fraction of sp³-hybridized carbons (Fsp3) is 0.333. The van der Waals surface area contributed by atoms with Crippen LogP contribution >= 0.6 is 35.0 Å². The Morgan fingerprint density at radius 3 is 2.17 bits per heavy atom. The topological polar surface area (TPSA) is 0 Å². The molecule has 12 heavy (non-hydrogen) atoms. The second-order valence-corrected chi connectivity index (χ2v) is 5.17. The van der Waals surface area contributed by atoms with Crippen molar-refractivity contribution < 1.29 is 0 Å². The molecule has 3 heteroatoms. The van der Waals surface area contributed by atoms with Gasteiger partial charge in [-0.3, -0.25) is 0 Å². The molecule has 0 nitrogen and oxygen atoms in total. The van der Waals surface area contributed by atoms with Crippen molar-refractivity contribution >= 4 is 35.0 Å². The standard InChI is InChI=1S/C9H8Cl2S/c10-6-3-7(11)5-9(4-6)12-8-1-2-8/h3-5,8H,1-2H2. The van der Waals surface area contributed by atoms with Crippen LogP contribution in [0.2, 0.25) is 10.0 Å². The molecule has 64 valence electrons. The number of halogens is 2. The van der Waals surface area contributed by atoms with Crippen molar-refractivity contribution in [3.63, 3.8) is 0 Å². The average molecular weight is 219 g/mol. The monoisotopic (exact) mass is 218 g/mol. The molecule has 1 aromatic carbocycles. The van der Waals surface area contributed by atoms with Crippen molar-refractivity contribution in [2.24, 2.45) is 0 Å².